The highest BCUT2D eigenvalue weighted by atomic mass is 16.4. The predicted octanol–water partition coefficient (Wildman–Crippen LogP) is 2.88. The lowest BCUT2D eigenvalue weighted by Crippen LogP contribution is -2.33. The van der Waals surface area contributed by atoms with E-state index in [9.17, 15) is 9.59 Å². The number of hydrogen-bond donors (Lipinski definition) is 2. The van der Waals surface area contributed by atoms with Gasteiger partial charge >= 0.3 is 5.97 Å². The van der Waals surface area contributed by atoms with Crippen molar-refractivity contribution in [2.75, 3.05) is 6.54 Å². The molecule has 0 bridgehead atoms. The first-order valence-electron chi connectivity index (χ1n) is 7.54. The van der Waals surface area contributed by atoms with E-state index in [0.717, 1.165) is 17.5 Å². The van der Waals surface area contributed by atoms with Crippen LogP contribution in [0.3, 0.4) is 0 Å². The van der Waals surface area contributed by atoms with Crippen LogP contribution in [0, 0.1) is 12.8 Å². The van der Waals surface area contributed by atoms with E-state index in [4.69, 9.17) is 9.52 Å². The number of amides is 1. The fraction of sp³-hybridized carbons (Fsp3) is 0.353. The highest BCUT2D eigenvalue weighted by molar-refractivity contribution is 5.97. The van der Waals surface area contributed by atoms with Crippen molar-refractivity contribution in [2.45, 2.75) is 26.7 Å². The fourth-order valence-corrected chi connectivity index (χ4v) is 2.28. The van der Waals surface area contributed by atoms with E-state index in [1.807, 2.05) is 38.1 Å². The number of aromatic nitrogens is 1. The van der Waals surface area contributed by atoms with E-state index in [1.165, 1.54) is 6.39 Å². The highest BCUT2D eigenvalue weighted by Crippen LogP contribution is 2.23. The van der Waals surface area contributed by atoms with E-state index in [0.29, 0.717) is 12.2 Å². The van der Waals surface area contributed by atoms with Gasteiger partial charge in [-0.2, -0.15) is 0 Å². The Kier molecular flexibility index (Phi) is 5.51. The summed E-state index contributed by atoms with van der Waals surface area (Å²) in [4.78, 5) is 27.4. The summed E-state index contributed by atoms with van der Waals surface area (Å²) in [5.74, 6) is -1.56. The van der Waals surface area contributed by atoms with Crippen molar-refractivity contribution in [2.24, 2.45) is 5.92 Å². The molecule has 1 atom stereocenters. The first-order valence-corrected chi connectivity index (χ1v) is 7.54. The van der Waals surface area contributed by atoms with Gasteiger partial charge in [0, 0.05) is 12.1 Å². The van der Waals surface area contributed by atoms with E-state index in [-0.39, 0.29) is 12.2 Å². The molecule has 6 nitrogen and oxygen atoms in total. The minimum atomic E-state index is -0.911. The molecule has 1 aromatic heterocycles. The number of benzene rings is 1. The zero-order valence-electron chi connectivity index (χ0n) is 13.2. The molecule has 23 heavy (non-hydrogen) atoms. The third-order valence-corrected chi connectivity index (χ3v) is 3.59. The van der Waals surface area contributed by atoms with Crippen molar-refractivity contribution < 1.29 is 19.1 Å². The van der Waals surface area contributed by atoms with Gasteiger partial charge in [0.15, 0.2) is 17.8 Å². The van der Waals surface area contributed by atoms with E-state index in [2.05, 4.69) is 10.3 Å². The fourth-order valence-electron chi connectivity index (χ4n) is 2.28. The molecule has 1 unspecified atom stereocenters. The average molecular weight is 316 g/mol. The number of nitrogens with zero attached hydrogens (tertiary/aromatic N) is 1. The molecule has 1 heterocycles. The number of rotatable bonds is 7. The molecule has 0 aliphatic rings. The minimum absolute atomic E-state index is 0.0716. The highest BCUT2D eigenvalue weighted by Gasteiger charge is 2.21. The molecule has 0 saturated carbocycles. The zero-order valence-corrected chi connectivity index (χ0v) is 13.2. The SMILES string of the molecule is CCCC(CNC(=O)c1ncoc1-c1ccc(C)cc1)C(=O)O. The normalized spacial score (nSPS) is 11.9. The number of hydrogen-bond acceptors (Lipinski definition) is 4. The Balaban J connectivity index is 2.10. The lowest BCUT2D eigenvalue weighted by molar-refractivity contribution is -0.141. The second-order valence-corrected chi connectivity index (χ2v) is 5.43. The van der Waals surface area contributed by atoms with Gasteiger partial charge in [-0.05, 0) is 13.3 Å². The van der Waals surface area contributed by atoms with Crippen LogP contribution >= 0.6 is 0 Å². The van der Waals surface area contributed by atoms with Gasteiger partial charge in [-0.1, -0.05) is 43.2 Å². The number of carbonyl (C=O) groups excluding carboxylic acids is 1. The van der Waals surface area contributed by atoms with Gasteiger partial charge < -0.3 is 14.8 Å². The van der Waals surface area contributed by atoms with Crippen LogP contribution < -0.4 is 5.32 Å². The number of aryl methyl sites for hydroxylation is 1. The number of oxazole rings is 1. The summed E-state index contributed by atoms with van der Waals surface area (Å²) in [7, 11) is 0. The third kappa shape index (κ3) is 4.18. The molecule has 0 aliphatic heterocycles. The van der Waals surface area contributed by atoms with Crippen LogP contribution in [0.2, 0.25) is 0 Å². The van der Waals surface area contributed by atoms with Crippen LogP contribution in [0.25, 0.3) is 11.3 Å². The number of nitrogens with one attached hydrogen (secondary N) is 1. The predicted molar refractivity (Wildman–Crippen MR) is 85.0 cm³/mol. The molecule has 2 rings (SSSR count). The Morgan fingerprint density at radius 1 is 1.30 bits per heavy atom. The van der Waals surface area contributed by atoms with Crippen molar-refractivity contribution in [1.29, 1.82) is 0 Å². The standard InChI is InChI=1S/C17H20N2O4/c1-3-4-13(17(21)22)9-18-16(20)14-15(23-10-19-14)12-7-5-11(2)6-8-12/h5-8,10,13H,3-4,9H2,1-2H3,(H,18,20)(H,21,22). The summed E-state index contributed by atoms with van der Waals surface area (Å²) < 4.78 is 5.33. The summed E-state index contributed by atoms with van der Waals surface area (Å²) in [6.45, 7) is 3.95. The van der Waals surface area contributed by atoms with Gasteiger partial charge in [0.25, 0.3) is 5.91 Å². The van der Waals surface area contributed by atoms with Crippen LogP contribution in [0.4, 0.5) is 0 Å². The maximum Gasteiger partial charge on any atom is 0.308 e. The minimum Gasteiger partial charge on any atom is -0.481 e. The lowest BCUT2D eigenvalue weighted by atomic mass is 10.0. The van der Waals surface area contributed by atoms with Crippen LogP contribution in [0.15, 0.2) is 35.1 Å². The Bertz CT molecular complexity index is 676. The Morgan fingerprint density at radius 2 is 2.00 bits per heavy atom. The quantitative estimate of drug-likeness (QED) is 0.819. The molecule has 0 saturated heterocycles. The van der Waals surface area contributed by atoms with Crippen LogP contribution in [0.1, 0.15) is 35.8 Å². The first kappa shape index (κ1) is 16.7. The molecule has 0 radical (unpaired) electrons. The molecular weight excluding hydrogens is 296 g/mol. The van der Waals surface area contributed by atoms with E-state index < -0.39 is 17.8 Å². The van der Waals surface area contributed by atoms with Gasteiger partial charge in [-0.25, -0.2) is 4.98 Å². The average Bonchev–Trinajstić information content (AvgIpc) is 3.01. The molecule has 1 aromatic carbocycles. The Hall–Kier alpha value is -2.63. The van der Waals surface area contributed by atoms with Crippen molar-refractivity contribution in [1.82, 2.24) is 10.3 Å². The molecule has 0 fully saturated rings. The molecule has 0 spiro atoms. The first-order chi connectivity index (χ1) is 11.0. The summed E-state index contributed by atoms with van der Waals surface area (Å²) >= 11 is 0. The molecule has 6 heteroatoms. The van der Waals surface area contributed by atoms with E-state index >= 15 is 0 Å². The smallest absolute Gasteiger partial charge is 0.308 e. The molecule has 1 amide bonds. The largest absolute Gasteiger partial charge is 0.481 e. The monoisotopic (exact) mass is 316 g/mol. The topological polar surface area (TPSA) is 92.4 Å². The van der Waals surface area contributed by atoms with Gasteiger partial charge in [0.05, 0.1) is 5.92 Å². The van der Waals surface area contributed by atoms with Crippen LogP contribution in [0.5, 0.6) is 0 Å². The summed E-state index contributed by atoms with van der Waals surface area (Å²) in [6, 6.07) is 7.54. The summed E-state index contributed by atoms with van der Waals surface area (Å²) in [6.07, 6.45) is 2.47. The van der Waals surface area contributed by atoms with Crippen molar-refractivity contribution >= 4 is 11.9 Å². The summed E-state index contributed by atoms with van der Waals surface area (Å²) in [5, 5.41) is 11.8. The van der Waals surface area contributed by atoms with E-state index in [1.54, 1.807) is 0 Å². The van der Waals surface area contributed by atoms with Gasteiger partial charge in [0.1, 0.15) is 0 Å². The second-order valence-electron chi connectivity index (χ2n) is 5.43. The lowest BCUT2D eigenvalue weighted by Gasteiger charge is -2.11. The van der Waals surface area contributed by atoms with Crippen LogP contribution in [-0.2, 0) is 4.79 Å². The Morgan fingerprint density at radius 3 is 2.61 bits per heavy atom. The van der Waals surface area contributed by atoms with Crippen LogP contribution in [-0.4, -0.2) is 28.5 Å². The number of aliphatic carboxylic acids is 1. The third-order valence-electron chi connectivity index (χ3n) is 3.59. The van der Waals surface area contributed by atoms with Gasteiger partial charge in [-0.3, -0.25) is 9.59 Å². The van der Waals surface area contributed by atoms with Crippen molar-refractivity contribution in [3.8, 4) is 11.3 Å². The van der Waals surface area contributed by atoms with Gasteiger partial charge in [-0.15, -0.1) is 0 Å². The van der Waals surface area contributed by atoms with Crippen molar-refractivity contribution in [3.05, 3.63) is 41.9 Å². The maximum absolute atomic E-state index is 12.3. The summed E-state index contributed by atoms with van der Waals surface area (Å²) in [5.41, 5.74) is 2.01. The zero-order chi connectivity index (χ0) is 16.8. The Labute approximate surface area is 134 Å². The molecule has 122 valence electrons. The second kappa shape index (κ2) is 7.58. The molecular formula is C17H20N2O4. The molecule has 2 N–H and O–H groups in total. The molecule has 2 aromatic rings. The maximum atomic E-state index is 12.3. The number of carboxylic acids is 1. The number of carbonyl (C=O) groups is 2. The van der Waals surface area contributed by atoms with Gasteiger partial charge in [0.2, 0.25) is 0 Å². The number of carboxylic acid groups (broad SMARTS) is 1. The molecule has 0 aliphatic carbocycles. The van der Waals surface area contributed by atoms with Crippen molar-refractivity contribution in [3.63, 3.8) is 0 Å².